The topological polar surface area (TPSA) is 23.8 Å². The molecule has 0 spiro atoms. The highest BCUT2D eigenvalue weighted by atomic mass is 19.1. The first-order valence-corrected chi connectivity index (χ1v) is 2.28. The molecule has 46 valence electrons. The number of nitriles is 1. The summed E-state index contributed by atoms with van der Waals surface area (Å²) in [6, 6.07) is 1.73. The summed E-state index contributed by atoms with van der Waals surface area (Å²) in [5, 5.41) is 8.09. The van der Waals surface area contributed by atoms with Gasteiger partial charge in [-0.2, -0.15) is 5.26 Å². The Balaban J connectivity index is 3.90. The Morgan fingerprint density at radius 2 is 2.00 bits per heavy atom. The third kappa shape index (κ3) is 4.49. The van der Waals surface area contributed by atoms with Crippen molar-refractivity contribution in [1.82, 2.24) is 0 Å². The van der Waals surface area contributed by atoms with Crippen LogP contribution in [-0.4, -0.2) is 0 Å². The van der Waals surface area contributed by atoms with E-state index in [0.717, 1.165) is 6.08 Å². The quantitative estimate of drug-likeness (QED) is 0.407. The maximum absolute atomic E-state index is 11.8. The average Bonchev–Trinajstić information content (AvgIpc) is 1.83. The van der Waals surface area contributed by atoms with Gasteiger partial charge in [-0.3, -0.25) is 0 Å². The standard InChI is InChI=1S/C7H6FN/c1-6(5-9)3-4-7(2)8/h3-4H,1-2H2. The molecule has 0 aliphatic carbocycles. The fourth-order valence-corrected chi connectivity index (χ4v) is 0.228. The molecule has 0 aromatic carbocycles. The van der Waals surface area contributed by atoms with Gasteiger partial charge in [-0.25, -0.2) is 4.39 Å². The number of allylic oxidation sites excluding steroid dienone is 4. The van der Waals surface area contributed by atoms with E-state index in [2.05, 4.69) is 13.2 Å². The highest BCUT2D eigenvalue weighted by Gasteiger charge is 1.81. The molecule has 0 aromatic heterocycles. The van der Waals surface area contributed by atoms with E-state index in [0.29, 0.717) is 0 Å². The van der Waals surface area contributed by atoms with Gasteiger partial charge in [0, 0.05) is 5.57 Å². The van der Waals surface area contributed by atoms with Crippen LogP contribution in [0.5, 0.6) is 0 Å². The summed E-state index contributed by atoms with van der Waals surface area (Å²) in [4.78, 5) is 0. The van der Waals surface area contributed by atoms with Crippen LogP contribution in [-0.2, 0) is 0 Å². The summed E-state index contributed by atoms with van der Waals surface area (Å²) in [7, 11) is 0. The van der Waals surface area contributed by atoms with Crippen molar-refractivity contribution in [2.75, 3.05) is 0 Å². The molecule has 0 N–H and O–H groups in total. The monoisotopic (exact) mass is 123 g/mol. The first kappa shape index (κ1) is 7.64. The van der Waals surface area contributed by atoms with Gasteiger partial charge in [0.2, 0.25) is 0 Å². The molecule has 0 fully saturated rings. The van der Waals surface area contributed by atoms with Crippen LogP contribution in [0.15, 0.2) is 36.7 Å². The fourth-order valence-electron chi connectivity index (χ4n) is 0.228. The van der Waals surface area contributed by atoms with E-state index in [9.17, 15) is 4.39 Å². The van der Waals surface area contributed by atoms with E-state index in [1.54, 1.807) is 6.07 Å². The maximum atomic E-state index is 11.8. The van der Waals surface area contributed by atoms with Crippen LogP contribution in [0.4, 0.5) is 4.39 Å². The molecule has 9 heavy (non-hydrogen) atoms. The van der Waals surface area contributed by atoms with Crippen LogP contribution in [0, 0.1) is 11.3 Å². The Morgan fingerprint density at radius 3 is 2.33 bits per heavy atom. The molecule has 0 saturated carbocycles. The lowest BCUT2D eigenvalue weighted by atomic mass is 10.3. The second-order valence-electron chi connectivity index (χ2n) is 1.42. The van der Waals surface area contributed by atoms with Crippen LogP contribution in [0.25, 0.3) is 0 Å². The zero-order valence-corrected chi connectivity index (χ0v) is 4.89. The molecule has 0 rings (SSSR count). The molecule has 0 aliphatic rings. The van der Waals surface area contributed by atoms with Crippen molar-refractivity contribution in [2.24, 2.45) is 0 Å². The Kier molecular flexibility index (Phi) is 3.07. The molecule has 0 saturated heterocycles. The number of nitrogens with zero attached hydrogens (tertiary/aromatic N) is 1. The Bertz CT molecular complexity index is 195. The van der Waals surface area contributed by atoms with Crippen LogP contribution in [0.1, 0.15) is 0 Å². The number of hydrogen-bond acceptors (Lipinski definition) is 1. The molecular weight excluding hydrogens is 117 g/mol. The van der Waals surface area contributed by atoms with Crippen LogP contribution < -0.4 is 0 Å². The largest absolute Gasteiger partial charge is 0.208 e. The van der Waals surface area contributed by atoms with Gasteiger partial charge in [-0.05, 0) is 12.2 Å². The average molecular weight is 123 g/mol. The van der Waals surface area contributed by atoms with Crippen molar-refractivity contribution >= 4 is 0 Å². The van der Waals surface area contributed by atoms with E-state index in [1.165, 1.54) is 6.08 Å². The molecule has 0 amide bonds. The molecule has 1 nitrogen and oxygen atoms in total. The predicted octanol–water partition coefficient (Wildman–Crippen LogP) is 2.11. The SMILES string of the molecule is C=C(F)C=CC(=C)C#N. The van der Waals surface area contributed by atoms with Crippen LogP contribution in [0.3, 0.4) is 0 Å². The zero-order chi connectivity index (χ0) is 7.28. The van der Waals surface area contributed by atoms with Crippen molar-refractivity contribution in [1.29, 1.82) is 5.26 Å². The second-order valence-corrected chi connectivity index (χ2v) is 1.42. The molecule has 0 atom stereocenters. The van der Waals surface area contributed by atoms with Gasteiger partial charge in [0.15, 0.2) is 0 Å². The van der Waals surface area contributed by atoms with Crippen LogP contribution in [0.2, 0.25) is 0 Å². The van der Waals surface area contributed by atoms with E-state index in [4.69, 9.17) is 5.26 Å². The summed E-state index contributed by atoms with van der Waals surface area (Å²) in [6.45, 7) is 6.25. The summed E-state index contributed by atoms with van der Waals surface area (Å²) in [5.41, 5.74) is 0.216. The maximum Gasteiger partial charge on any atom is 0.116 e. The predicted molar refractivity (Wildman–Crippen MR) is 34.1 cm³/mol. The van der Waals surface area contributed by atoms with E-state index in [-0.39, 0.29) is 5.57 Å². The number of hydrogen-bond donors (Lipinski definition) is 0. The molecule has 0 unspecified atom stereocenters. The van der Waals surface area contributed by atoms with Gasteiger partial charge < -0.3 is 0 Å². The molecule has 0 heterocycles. The lowest BCUT2D eigenvalue weighted by molar-refractivity contribution is 0.671. The van der Waals surface area contributed by atoms with Crippen molar-refractivity contribution in [3.8, 4) is 6.07 Å². The second kappa shape index (κ2) is 3.62. The minimum absolute atomic E-state index is 0.216. The Hall–Kier alpha value is -1.36. The van der Waals surface area contributed by atoms with Gasteiger partial charge in [0.25, 0.3) is 0 Å². The third-order valence-corrected chi connectivity index (χ3v) is 0.609. The fraction of sp³-hybridized carbons (Fsp3) is 0. The number of rotatable bonds is 2. The molecule has 2 heteroatoms. The highest BCUT2D eigenvalue weighted by molar-refractivity contribution is 5.31. The number of halogens is 1. The minimum Gasteiger partial charge on any atom is -0.208 e. The first-order chi connectivity index (χ1) is 4.16. The Morgan fingerprint density at radius 1 is 1.44 bits per heavy atom. The van der Waals surface area contributed by atoms with Gasteiger partial charge in [0.05, 0.1) is 6.07 Å². The third-order valence-electron chi connectivity index (χ3n) is 0.609. The van der Waals surface area contributed by atoms with Crippen molar-refractivity contribution in [3.63, 3.8) is 0 Å². The lowest BCUT2D eigenvalue weighted by Gasteiger charge is -1.78. The van der Waals surface area contributed by atoms with E-state index < -0.39 is 5.83 Å². The van der Waals surface area contributed by atoms with Crippen molar-refractivity contribution < 1.29 is 4.39 Å². The minimum atomic E-state index is -0.577. The van der Waals surface area contributed by atoms with Gasteiger partial charge in [-0.15, -0.1) is 0 Å². The summed E-state index contributed by atoms with van der Waals surface area (Å²) in [6.07, 6.45) is 2.36. The van der Waals surface area contributed by atoms with Gasteiger partial charge in [0.1, 0.15) is 5.83 Å². The van der Waals surface area contributed by atoms with E-state index >= 15 is 0 Å². The lowest BCUT2D eigenvalue weighted by Crippen LogP contribution is -1.64. The molecule has 0 aromatic rings. The summed E-state index contributed by atoms with van der Waals surface area (Å²) < 4.78 is 11.8. The first-order valence-electron chi connectivity index (χ1n) is 2.28. The normalized spacial score (nSPS) is 8.89. The van der Waals surface area contributed by atoms with E-state index in [1.807, 2.05) is 0 Å². The van der Waals surface area contributed by atoms with Gasteiger partial charge in [-0.1, -0.05) is 13.2 Å². The molecule has 0 aliphatic heterocycles. The summed E-state index contributed by atoms with van der Waals surface area (Å²) >= 11 is 0. The summed E-state index contributed by atoms with van der Waals surface area (Å²) in [5.74, 6) is -0.577. The van der Waals surface area contributed by atoms with Gasteiger partial charge >= 0.3 is 0 Å². The van der Waals surface area contributed by atoms with Crippen molar-refractivity contribution in [3.05, 3.63) is 36.7 Å². The molecule has 0 bridgehead atoms. The zero-order valence-electron chi connectivity index (χ0n) is 4.89. The van der Waals surface area contributed by atoms with Crippen molar-refractivity contribution in [2.45, 2.75) is 0 Å². The van der Waals surface area contributed by atoms with Crippen LogP contribution >= 0.6 is 0 Å². The smallest absolute Gasteiger partial charge is 0.116 e. The highest BCUT2D eigenvalue weighted by Crippen LogP contribution is 1.96. The Labute approximate surface area is 53.4 Å². The molecular formula is C7H6FN. The molecule has 0 radical (unpaired) electrons.